The van der Waals surface area contributed by atoms with Gasteiger partial charge in [0.05, 0.1) is 11.7 Å². The summed E-state index contributed by atoms with van der Waals surface area (Å²) in [7, 11) is 4.11. The molecule has 4 aromatic rings. The van der Waals surface area contributed by atoms with Gasteiger partial charge >= 0.3 is 0 Å². The van der Waals surface area contributed by atoms with Crippen LogP contribution in [0.1, 0.15) is 29.0 Å². The van der Waals surface area contributed by atoms with Crippen LogP contribution in [-0.4, -0.2) is 28.8 Å². The number of rotatable bonds is 5. The summed E-state index contributed by atoms with van der Waals surface area (Å²) in [6.45, 7) is 2.11. The second-order valence-electron chi connectivity index (χ2n) is 8.55. The molecule has 0 saturated carbocycles. The fourth-order valence-corrected chi connectivity index (χ4v) is 4.84. The molecule has 3 heterocycles. The number of benzene rings is 2. The molecule has 33 heavy (non-hydrogen) atoms. The molecule has 1 saturated heterocycles. The molecule has 1 N–H and O–H groups in total. The molecule has 0 aliphatic carbocycles. The normalized spacial score (nSPS) is 17.8. The molecule has 5 rings (SSSR count). The Balaban J connectivity index is 1.64. The smallest absolute Gasteiger partial charge is 0.174 e. The lowest BCUT2D eigenvalue weighted by Crippen LogP contribution is -2.30. The summed E-state index contributed by atoms with van der Waals surface area (Å²) in [6.07, 6.45) is 3.96. The highest BCUT2D eigenvalue weighted by atomic mass is 32.1. The van der Waals surface area contributed by atoms with E-state index in [1.807, 2.05) is 18.3 Å². The molecule has 2 aromatic carbocycles. The molecule has 0 radical (unpaired) electrons. The summed E-state index contributed by atoms with van der Waals surface area (Å²) < 4.78 is 2.25. The Labute approximate surface area is 200 Å². The number of hydrogen-bond donors (Lipinski definition) is 1. The van der Waals surface area contributed by atoms with Crippen molar-refractivity contribution >= 4 is 28.7 Å². The standard InChI is InChI=1S/C27H27N5S/c1-19-8-6-9-22(18-19)32-26(25(29-27(32)33)23-10-4-5-16-28-23)24-11-7-17-31(24)21-14-12-20(13-15-21)30(2)3/h4-18,25-26H,1-3H3,(H,29,33). The minimum atomic E-state index is -0.0751. The highest BCUT2D eigenvalue weighted by molar-refractivity contribution is 7.80. The number of thiocarbonyl (C=S) groups is 1. The number of aryl methyl sites for hydroxylation is 1. The van der Waals surface area contributed by atoms with Crippen molar-refractivity contribution in [1.29, 1.82) is 0 Å². The zero-order valence-corrected chi connectivity index (χ0v) is 19.8. The van der Waals surface area contributed by atoms with Crippen molar-refractivity contribution in [2.24, 2.45) is 0 Å². The van der Waals surface area contributed by atoms with E-state index in [-0.39, 0.29) is 12.1 Å². The first-order valence-electron chi connectivity index (χ1n) is 11.1. The van der Waals surface area contributed by atoms with Gasteiger partial charge in [0.25, 0.3) is 0 Å². The maximum atomic E-state index is 5.87. The summed E-state index contributed by atoms with van der Waals surface area (Å²) in [5.74, 6) is 0. The quantitative estimate of drug-likeness (QED) is 0.408. The first-order valence-corrected chi connectivity index (χ1v) is 11.5. The van der Waals surface area contributed by atoms with Gasteiger partial charge < -0.3 is 19.7 Å². The van der Waals surface area contributed by atoms with Crippen molar-refractivity contribution in [2.75, 3.05) is 23.9 Å². The van der Waals surface area contributed by atoms with Gasteiger partial charge in [-0.05, 0) is 85.4 Å². The topological polar surface area (TPSA) is 36.3 Å². The Morgan fingerprint density at radius 3 is 2.42 bits per heavy atom. The van der Waals surface area contributed by atoms with E-state index in [0.29, 0.717) is 5.11 Å². The van der Waals surface area contributed by atoms with Gasteiger partial charge in [-0.1, -0.05) is 18.2 Å². The largest absolute Gasteiger partial charge is 0.378 e. The fraction of sp³-hybridized carbons (Fsp3) is 0.185. The van der Waals surface area contributed by atoms with E-state index in [9.17, 15) is 0 Å². The third kappa shape index (κ3) is 3.98. The molecule has 2 aromatic heterocycles. The lowest BCUT2D eigenvalue weighted by atomic mass is 10.0. The van der Waals surface area contributed by atoms with Gasteiger partial charge in [-0.25, -0.2) is 0 Å². The third-order valence-electron chi connectivity index (χ3n) is 6.11. The van der Waals surface area contributed by atoms with Crippen molar-refractivity contribution in [3.8, 4) is 5.69 Å². The molecule has 0 spiro atoms. The summed E-state index contributed by atoms with van der Waals surface area (Å²) in [5, 5.41) is 4.26. The Hall–Kier alpha value is -3.64. The third-order valence-corrected chi connectivity index (χ3v) is 6.42. The Morgan fingerprint density at radius 2 is 1.73 bits per heavy atom. The first kappa shape index (κ1) is 21.2. The Morgan fingerprint density at radius 1 is 0.909 bits per heavy atom. The maximum Gasteiger partial charge on any atom is 0.174 e. The number of anilines is 2. The SMILES string of the molecule is Cc1cccc(N2C(=S)NC(c3ccccn3)C2c2cccn2-c2ccc(N(C)C)cc2)c1. The van der Waals surface area contributed by atoms with Gasteiger partial charge in [0.15, 0.2) is 5.11 Å². The minimum absolute atomic E-state index is 0.0577. The van der Waals surface area contributed by atoms with Gasteiger partial charge in [0.2, 0.25) is 0 Å². The Kier molecular flexibility index (Phi) is 5.60. The predicted octanol–water partition coefficient (Wildman–Crippen LogP) is 5.42. The van der Waals surface area contributed by atoms with Crippen molar-refractivity contribution in [3.63, 3.8) is 0 Å². The minimum Gasteiger partial charge on any atom is -0.378 e. The van der Waals surface area contributed by atoms with Crippen molar-refractivity contribution in [3.05, 3.63) is 108 Å². The molecule has 0 bridgehead atoms. The van der Waals surface area contributed by atoms with Crippen LogP contribution >= 0.6 is 12.2 Å². The second kappa shape index (κ2) is 8.71. The van der Waals surface area contributed by atoms with Crippen LogP contribution in [0.2, 0.25) is 0 Å². The zero-order valence-electron chi connectivity index (χ0n) is 19.0. The van der Waals surface area contributed by atoms with Crippen LogP contribution in [0.25, 0.3) is 5.69 Å². The molecule has 1 aliphatic rings. The molecule has 5 nitrogen and oxygen atoms in total. The molecule has 1 aliphatic heterocycles. The maximum absolute atomic E-state index is 5.87. The summed E-state index contributed by atoms with van der Waals surface area (Å²) in [5.41, 5.74) is 6.68. The summed E-state index contributed by atoms with van der Waals surface area (Å²) >= 11 is 5.87. The molecule has 6 heteroatoms. The monoisotopic (exact) mass is 453 g/mol. The molecule has 2 unspecified atom stereocenters. The number of nitrogens with zero attached hydrogens (tertiary/aromatic N) is 4. The van der Waals surface area contributed by atoms with Crippen molar-refractivity contribution in [2.45, 2.75) is 19.0 Å². The zero-order chi connectivity index (χ0) is 22.9. The van der Waals surface area contributed by atoms with Gasteiger partial charge in [-0.2, -0.15) is 0 Å². The van der Waals surface area contributed by atoms with Crippen LogP contribution in [0.5, 0.6) is 0 Å². The summed E-state index contributed by atoms with van der Waals surface area (Å²) in [6, 6.07) is 27.3. The lowest BCUT2D eigenvalue weighted by Gasteiger charge is -2.29. The molecular formula is C27H27N5S. The van der Waals surface area contributed by atoms with Crippen LogP contribution in [0.15, 0.2) is 91.3 Å². The fourth-order valence-electron chi connectivity index (χ4n) is 4.49. The average molecular weight is 454 g/mol. The molecule has 2 atom stereocenters. The van der Waals surface area contributed by atoms with Gasteiger partial charge in [0.1, 0.15) is 6.04 Å². The predicted molar refractivity (Wildman–Crippen MR) is 139 cm³/mol. The number of hydrogen-bond acceptors (Lipinski definition) is 3. The van der Waals surface area contributed by atoms with Gasteiger partial charge in [0, 0.05) is 49.2 Å². The van der Waals surface area contributed by atoms with E-state index >= 15 is 0 Å². The Bertz CT molecular complexity index is 1260. The summed E-state index contributed by atoms with van der Waals surface area (Å²) in [4.78, 5) is 9.00. The van der Waals surface area contributed by atoms with E-state index < -0.39 is 0 Å². The van der Waals surface area contributed by atoms with Gasteiger partial charge in [-0.15, -0.1) is 0 Å². The molecule has 1 fully saturated rings. The van der Waals surface area contributed by atoms with Crippen molar-refractivity contribution < 1.29 is 0 Å². The van der Waals surface area contributed by atoms with Crippen LogP contribution < -0.4 is 15.1 Å². The van der Waals surface area contributed by atoms with E-state index in [2.05, 4.69) is 119 Å². The highest BCUT2D eigenvalue weighted by Crippen LogP contribution is 2.42. The van der Waals surface area contributed by atoms with E-state index in [0.717, 1.165) is 22.8 Å². The molecule has 0 amide bonds. The van der Waals surface area contributed by atoms with Gasteiger partial charge in [-0.3, -0.25) is 4.98 Å². The second-order valence-corrected chi connectivity index (χ2v) is 8.94. The van der Waals surface area contributed by atoms with Crippen molar-refractivity contribution in [1.82, 2.24) is 14.9 Å². The van der Waals surface area contributed by atoms with Crippen LogP contribution in [0.4, 0.5) is 11.4 Å². The van der Waals surface area contributed by atoms with Crippen LogP contribution in [0, 0.1) is 6.92 Å². The lowest BCUT2D eigenvalue weighted by molar-refractivity contribution is 0.549. The van der Waals surface area contributed by atoms with Crippen LogP contribution in [-0.2, 0) is 0 Å². The molecular weight excluding hydrogens is 426 g/mol. The van der Waals surface area contributed by atoms with E-state index in [4.69, 9.17) is 12.2 Å². The van der Waals surface area contributed by atoms with Crippen LogP contribution in [0.3, 0.4) is 0 Å². The average Bonchev–Trinajstić information content (AvgIpc) is 3.44. The van der Waals surface area contributed by atoms with E-state index in [1.54, 1.807) is 0 Å². The number of pyridine rings is 1. The highest BCUT2D eigenvalue weighted by Gasteiger charge is 2.42. The number of nitrogens with one attached hydrogen (secondary N) is 1. The molecule has 166 valence electrons. The first-order chi connectivity index (χ1) is 16.0. The number of aromatic nitrogens is 2. The van der Waals surface area contributed by atoms with E-state index in [1.165, 1.54) is 11.3 Å².